The molecule has 9 heavy (non-hydrogen) atoms. The molecule has 0 amide bonds. The average Bonchev–Trinajstić information content (AvgIpc) is 1.83. The van der Waals surface area contributed by atoms with E-state index in [0.717, 1.165) is 0 Å². The highest BCUT2D eigenvalue weighted by Crippen LogP contribution is 2.13. The summed E-state index contributed by atoms with van der Waals surface area (Å²) in [5.41, 5.74) is 0. The smallest absolute Gasteiger partial charge is 0.469 e. The molecule has 0 heterocycles. The maximum Gasteiger partial charge on any atom is 0.506 e. The summed E-state index contributed by atoms with van der Waals surface area (Å²) in [6, 6.07) is 0. The van der Waals surface area contributed by atoms with Gasteiger partial charge >= 0.3 is 14.0 Å². The maximum absolute atomic E-state index is 10.3. The second-order valence-corrected chi connectivity index (χ2v) is 2.55. The second-order valence-electron chi connectivity index (χ2n) is 1.40. The van der Waals surface area contributed by atoms with Crippen LogP contribution in [0.4, 0.5) is 0 Å². The number of ether oxygens (including phenoxy) is 1. The van der Waals surface area contributed by atoms with Crippen LogP contribution in [0.1, 0.15) is 6.42 Å². The van der Waals surface area contributed by atoms with Crippen molar-refractivity contribution < 1.29 is 19.0 Å². The lowest BCUT2D eigenvalue weighted by Crippen LogP contribution is -2.00. The highest BCUT2D eigenvalue weighted by Gasteiger charge is 2.13. The summed E-state index contributed by atoms with van der Waals surface area (Å²) in [5.74, 6) is -0.451. The van der Waals surface area contributed by atoms with Gasteiger partial charge in [-0.25, -0.2) is 0 Å². The molecule has 1 unspecified atom stereocenters. The summed E-state index contributed by atoms with van der Waals surface area (Å²) >= 11 is 0. The molecule has 0 spiro atoms. The van der Waals surface area contributed by atoms with Crippen molar-refractivity contribution in [2.45, 2.75) is 6.42 Å². The molecule has 0 saturated heterocycles. The maximum atomic E-state index is 10.3. The summed E-state index contributed by atoms with van der Waals surface area (Å²) in [4.78, 5) is 18.5. The number of hydrogen-bond donors (Lipinski definition) is 1. The lowest BCUT2D eigenvalue weighted by molar-refractivity contribution is -0.140. The molecule has 5 heteroatoms. The van der Waals surface area contributed by atoms with Gasteiger partial charge in [0.15, 0.2) is 6.16 Å². The number of carbonyl (C=O) groups is 1. The first-order chi connectivity index (χ1) is 4.16. The van der Waals surface area contributed by atoms with E-state index in [0.29, 0.717) is 0 Å². The van der Waals surface area contributed by atoms with Crippen molar-refractivity contribution in [2.24, 2.45) is 0 Å². The standard InChI is InChI=1S/C4H7O4P/c1-8-4(5)2-3-9(6)7/h2-3H2,1H3/p+1. The lowest BCUT2D eigenvalue weighted by atomic mass is 10.5. The van der Waals surface area contributed by atoms with Crippen molar-refractivity contribution >= 4 is 14.0 Å². The van der Waals surface area contributed by atoms with Gasteiger partial charge < -0.3 is 4.74 Å². The molecule has 0 radical (unpaired) electrons. The van der Waals surface area contributed by atoms with Crippen molar-refractivity contribution in [1.82, 2.24) is 0 Å². The van der Waals surface area contributed by atoms with E-state index in [1.165, 1.54) is 7.11 Å². The first kappa shape index (κ1) is 8.53. The van der Waals surface area contributed by atoms with Crippen LogP contribution in [0.5, 0.6) is 0 Å². The summed E-state index contributed by atoms with van der Waals surface area (Å²) in [7, 11) is -0.947. The van der Waals surface area contributed by atoms with E-state index in [1.807, 2.05) is 0 Å². The third-order valence-electron chi connectivity index (χ3n) is 0.735. The van der Waals surface area contributed by atoms with Gasteiger partial charge in [0.1, 0.15) is 0 Å². The Balaban J connectivity index is 3.28. The Labute approximate surface area is 53.7 Å². The van der Waals surface area contributed by atoms with Crippen molar-refractivity contribution in [3.8, 4) is 0 Å². The van der Waals surface area contributed by atoms with E-state index in [4.69, 9.17) is 4.89 Å². The normalized spacial score (nSPS) is 10.7. The minimum Gasteiger partial charge on any atom is -0.469 e. The van der Waals surface area contributed by atoms with Crippen LogP contribution in [0.15, 0.2) is 0 Å². The van der Waals surface area contributed by atoms with E-state index in [-0.39, 0.29) is 12.6 Å². The van der Waals surface area contributed by atoms with Crippen LogP contribution < -0.4 is 0 Å². The molecule has 0 rings (SSSR count). The minimum absolute atomic E-state index is 0.0119. The van der Waals surface area contributed by atoms with Crippen LogP contribution in [0.3, 0.4) is 0 Å². The molecular weight excluding hydrogens is 143 g/mol. The van der Waals surface area contributed by atoms with Crippen LogP contribution in [-0.2, 0) is 14.1 Å². The summed E-state index contributed by atoms with van der Waals surface area (Å²) in [5, 5.41) is 0. The van der Waals surface area contributed by atoms with Crippen LogP contribution in [0, 0.1) is 0 Å². The predicted octanol–water partition coefficient (Wildman–Crippen LogP) is 0.284. The Morgan fingerprint density at radius 3 is 2.67 bits per heavy atom. The molecule has 0 aromatic heterocycles. The van der Waals surface area contributed by atoms with E-state index in [1.54, 1.807) is 0 Å². The van der Waals surface area contributed by atoms with Crippen LogP contribution in [-0.4, -0.2) is 24.1 Å². The molecule has 1 N–H and O–H groups in total. The average molecular weight is 151 g/mol. The van der Waals surface area contributed by atoms with Gasteiger partial charge in [-0.3, -0.25) is 4.79 Å². The molecule has 52 valence electrons. The zero-order valence-electron chi connectivity index (χ0n) is 5.03. The van der Waals surface area contributed by atoms with Gasteiger partial charge in [0.25, 0.3) is 0 Å². The highest BCUT2D eigenvalue weighted by molar-refractivity contribution is 7.38. The number of rotatable bonds is 3. The van der Waals surface area contributed by atoms with Crippen LogP contribution in [0.2, 0.25) is 0 Å². The van der Waals surface area contributed by atoms with Gasteiger partial charge in [0.05, 0.1) is 13.5 Å². The SMILES string of the molecule is COC(=O)CC[P+](=O)O. The summed E-state index contributed by atoms with van der Waals surface area (Å²) in [6.07, 6.45) is 0.00418. The highest BCUT2D eigenvalue weighted by atomic mass is 31.1. The monoisotopic (exact) mass is 151 g/mol. The largest absolute Gasteiger partial charge is 0.506 e. The Kier molecular flexibility index (Phi) is 4.18. The zero-order valence-corrected chi connectivity index (χ0v) is 5.93. The number of esters is 1. The third kappa shape index (κ3) is 5.40. The Morgan fingerprint density at radius 2 is 2.33 bits per heavy atom. The molecule has 0 bridgehead atoms. The van der Waals surface area contributed by atoms with Crippen molar-refractivity contribution in [1.29, 1.82) is 0 Å². The van der Waals surface area contributed by atoms with Gasteiger partial charge in [0.2, 0.25) is 0 Å². The zero-order chi connectivity index (χ0) is 7.28. The van der Waals surface area contributed by atoms with Crippen LogP contribution in [0.25, 0.3) is 0 Å². The topological polar surface area (TPSA) is 63.6 Å². The van der Waals surface area contributed by atoms with Gasteiger partial charge in [-0.15, -0.1) is 0 Å². The first-order valence-corrected chi connectivity index (χ1v) is 3.77. The fourth-order valence-electron chi connectivity index (χ4n) is 0.289. The van der Waals surface area contributed by atoms with E-state index in [2.05, 4.69) is 4.74 Å². The van der Waals surface area contributed by atoms with Gasteiger partial charge in [0, 0.05) is 0 Å². The molecule has 0 aromatic rings. The number of methoxy groups -OCH3 is 1. The predicted molar refractivity (Wildman–Crippen MR) is 31.3 cm³/mol. The van der Waals surface area contributed by atoms with Gasteiger partial charge in [-0.1, -0.05) is 0 Å². The molecule has 4 nitrogen and oxygen atoms in total. The fourth-order valence-corrected chi connectivity index (χ4v) is 0.663. The fraction of sp³-hybridized carbons (Fsp3) is 0.750. The van der Waals surface area contributed by atoms with Gasteiger partial charge in [-0.05, 0) is 4.57 Å². The number of hydrogen-bond acceptors (Lipinski definition) is 3. The molecule has 0 saturated carbocycles. The molecule has 0 fully saturated rings. The Bertz CT molecular complexity index is 122. The van der Waals surface area contributed by atoms with Gasteiger partial charge in [-0.2, -0.15) is 4.89 Å². The molecule has 0 aliphatic carbocycles. The second kappa shape index (κ2) is 4.41. The Morgan fingerprint density at radius 1 is 1.78 bits per heavy atom. The molecule has 1 atom stereocenters. The molecule has 0 aliphatic heterocycles. The third-order valence-corrected chi connectivity index (χ3v) is 1.34. The summed E-state index contributed by atoms with van der Waals surface area (Å²) < 4.78 is 14.2. The molecule has 0 aliphatic rings. The van der Waals surface area contributed by atoms with Crippen LogP contribution >= 0.6 is 8.03 Å². The quantitative estimate of drug-likeness (QED) is 0.465. The summed E-state index contributed by atoms with van der Waals surface area (Å²) in [6.45, 7) is 0. The van der Waals surface area contributed by atoms with Crippen molar-refractivity contribution in [3.63, 3.8) is 0 Å². The number of carbonyl (C=O) groups excluding carboxylic acids is 1. The molecule has 0 aromatic carbocycles. The van der Waals surface area contributed by atoms with E-state index < -0.39 is 14.0 Å². The van der Waals surface area contributed by atoms with Crippen molar-refractivity contribution in [2.75, 3.05) is 13.3 Å². The minimum atomic E-state index is -2.19. The lowest BCUT2D eigenvalue weighted by Gasteiger charge is -1.88. The van der Waals surface area contributed by atoms with Crippen molar-refractivity contribution in [3.05, 3.63) is 0 Å². The van der Waals surface area contributed by atoms with E-state index >= 15 is 0 Å². The Hall–Kier alpha value is -0.470. The molecular formula is C4H8O4P+. The first-order valence-electron chi connectivity index (χ1n) is 2.37. The van der Waals surface area contributed by atoms with E-state index in [9.17, 15) is 9.36 Å².